The highest BCUT2D eigenvalue weighted by Gasteiger charge is 2.36. The third-order valence-corrected chi connectivity index (χ3v) is 6.54. The predicted octanol–water partition coefficient (Wildman–Crippen LogP) is 5.64. The molecule has 2 amide bonds. The monoisotopic (exact) mass is 476 g/mol. The Balaban J connectivity index is 1.59. The van der Waals surface area contributed by atoms with Gasteiger partial charge in [-0.25, -0.2) is 9.18 Å². The van der Waals surface area contributed by atoms with Crippen LogP contribution in [0.25, 0.3) is 17.0 Å². The molecular weight excluding hydrogens is 455 g/mol. The van der Waals surface area contributed by atoms with Crippen LogP contribution in [0.3, 0.4) is 0 Å². The summed E-state index contributed by atoms with van der Waals surface area (Å²) in [4.78, 5) is 20.4. The van der Waals surface area contributed by atoms with Gasteiger partial charge in [-0.05, 0) is 48.2 Å². The van der Waals surface area contributed by atoms with Gasteiger partial charge in [0.2, 0.25) is 5.82 Å². The molecule has 0 radical (unpaired) electrons. The van der Waals surface area contributed by atoms with Crippen LogP contribution in [-0.2, 0) is 6.54 Å². The van der Waals surface area contributed by atoms with Crippen LogP contribution < -0.4 is 10.1 Å². The molecule has 1 N–H and O–H groups in total. The summed E-state index contributed by atoms with van der Waals surface area (Å²) >= 11 is 1.58. The molecule has 0 aliphatic carbocycles. The summed E-state index contributed by atoms with van der Waals surface area (Å²) in [5.41, 5.74) is 2.72. The topological polar surface area (TPSA) is 80.5 Å². The molecule has 2 aromatic carbocycles. The SMILES string of the molecule is COc1ccc(C2NC(=O)N(Cc3cccs3)C(C)=C2c2nc(-c3cccc(F)c3)no2)cc1. The minimum absolute atomic E-state index is 0.222. The van der Waals surface area contributed by atoms with Crippen molar-refractivity contribution in [2.75, 3.05) is 7.11 Å². The van der Waals surface area contributed by atoms with Crippen LogP contribution in [0.1, 0.15) is 29.3 Å². The molecule has 5 rings (SSSR count). The van der Waals surface area contributed by atoms with E-state index in [4.69, 9.17) is 9.26 Å². The standard InChI is InChI=1S/C25H21FN4O3S/c1-15-21(24-28-23(29-33-24)17-5-3-6-18(26)13-17)22(16-8-10-19(32-2)11-9-16)27-25(31)30(15)14-20-7-4-12-34-20/h3-13,22H,14H2,1-2H3,(H,27,31). The second kappa shape index (κ2) is 9.11. The van der Waals surface area contributed by atoms with Gasteiger partial charge in [-0.1, -0.05) is 35.5 Å². The van der Waals surface area contributed by atoms with Gasteiger partial charge >= 0.3 is 6.03 Å². The molecule has 7 nitrogen and oxygen atoms in total. The second-order valence-corrected chi connectivity index (χ2v) is 8.79. The Kier molecular flexibility index (Phi) is 5.85. The Bertz CT molecular complexity index is 1350. The molecule has 1 unspecified atom stereocenters. The van der Waals surface area contributed by atoms with E-state index in [1.165, 1.54) is 12.1 Å². The molecule has 4 aromatic rings. The van der Waals surface area contributed by atoms with Crippen LogP contribution in [0.2, 0.25) is 0 Å². The summed E-state index contributed by atoms with van der Waals surface area (Å²) in [6.45, 7) is 2.28. The first-order valence-electron chi connectivity index (χ1n) is 10.6. The molecule has 3 heterocycles. The van der Waals surface area contributed by atoms with E-state index in [-0.39, 0.29) is 23.6 Å². The number of hydrogen-bond donors (Lipinski definition) is 1. The van der Waals surface area contributed by atoms with Crippen molar-refractivity contribution < 1.29 is 18.4 Å². The Labute approximate surface area is 199 Å². The van der Waals surface area contributed by atoms with Crippen LogP contribution in [0.5, 0.6) is 5.75 Å². The maximum atomic E-state index is 13.7. The van der Waals surface area contributed by atoms with E-state index in [9.17, 15) is 9.18 Å². The number of allylic oxidation sites excluding steroid dienone is 1. The van der Waals surface area contributed by atoms with Gasteiger partial charge in [0.1, 0.15) is 11.6 Å². The number of carbonyl (C=O) groups is 1. The third kappa shape index (κ3) is 4.17. The van der Waals surface area contributed by atoms with E-state index >= 15 is 0 Å². The largest absolute Gasteiger partial charge is 0.497 e. The number of methoxy groups -OCH3 is 1. The minimum Gasteiger partial charge on any atom is -0.497 e. The van der Waals surface area contributed by atoms with E-state index in [1.807, 2.05) is 48.7 Å². The Morgan fingerprint density at radius 2 is 2.00 bits per heavy atom. The van der Waals surface area contributed by atoms with Crippen molar-refractivity contribution in [2.45, 2.75) is 19.5 Å². The zero-order valence-electron chi connectivity index (χ0n) is 18.5. The lowest BCUT2D eigenvalue weighted by Gasteiger charge is -2.35. The maximum absolute atomic E-state index is 13.7. The highest BCUT2D eigenvalue weighted by Crippen LogP contribution is 2.38. The molecule has 0 bridgehead atoms. The molecule has 0 saturated heterocycles. The van der Waals surface area contributed by atoms with E-state index in [0.29, 0.717) is 29.1 Å². The summed E-state index contributed by atoms with van der Waals surface area (Å²) in [5, 5.41) is 9.12. The second-order valence-electron chi connectivity index (χ2n) is 7.75. The van der Waals surface area contributed by atoms with Crippen molar-refractivity contribution in [3.8, 4) is 17.1 Å². The van der Waals surface area contributed by atoms with Crippen LogP contribution in [0, 0.1) is 5.82 Å². The van der Waals surface area contributed by atoms with Crippen molar-refractivity contribution in [1.82, 2.24) is 20.4 Å². The molecule has 9 heteroatoms. The number of amides is 2. The molecule has 1 aliphatic heterocycles. The fourth-order valence-electron chi connectivity index (χ4n) is 3.93. The smallest absolute Gasteiger partial charge is 0.322 e. The van der Waals surface area contributed by atoms with Crippen LogP contribution >= 0.6 is 11.3 Å². The lowest BCUT2D eigenvalue weighted by Crippen LogP contribution is -2.45. The van der Waals surface area contributed by atoms with Crippen molar-refractivity contribution >= 4 is 22.9 Å². The lowest BCUT2D eigenvalue weighted by molar-refractivity contribution is 0.203. The molecule has 2 aromatic heterocycles. The highest BCUT2D eigenvalue weighted by molar-refractivity contribution is 7.09. The highest BCUT2D eigenvalue weighted by atomic mass is 32.1. The predicted molar refractivity (Wildman–Crippen MR) is 126 cm³/mol. The fraction of sp³-hybridized carbons (Fsp3) is 0.160. The lowest BCUT2D eigenvalue weighted by atomic mass is 9.94. The number of halogens is 1. The fourth-order valence-corrected chi connectivity index (χ4v) is 4.62. The first kappa shape index (κ1) is 21.8. The van der Waals surface area contributed by atoms with Crippen LogP contribution in [0.4, 0.5) is 9.18 Å². The number of nitrogens with one attached hydrogen (secondary N) is 1. The summed E-state index contributed by atoms with van der Waals surface area (Å²) in [5.74, 6) is 0.847. The molecular formula is C25H21FN4O3S. The zero-order valence-corrected chi connectivity index (χ0v) is 19.3. The average Bonchev–Trinajstić information content (AvgIpc) is 3.54. The Morgan fingerprint density at radius 1 is 1.18 bits per heavy atom. The van der Waals surface area contributed by atoms with Crippen molar-refractivity contribution in [1.29, 1.82) is 0 Å². The number of ether oxygens (including phenoxy) is 1. The maximum Gasteiger partial charge on any atom is 0.322 e. The summed E-state index contributed by atoms with van der Waals surface area (Å²) in [6.07, 6.45) is 0. The van der Waals surface area contributed by atoms with Gasteiger partial charge in [0.05, 0.1) is 25.3 Å². The number of rotatable bonds is 6. The van der Waals surface area contributed by atoms with Gasteiger partial charge in [-0.15, -0.1) is 11.3 Å². The van der Waals surface area contributed by atoms with Gasteiger partial charge in [0.15, 0.2) is 0 Å². The number of benzene rings is 2. The van der Waals surface area contributed by atoms with E-state index in [1.54, 1.807) is 35.5 Å². The van der Waals surface area contributed by atoms with E-state index in [2.05, 4.69) is 15.5 Å². The Hall–Kier alpha value is -3.98. The molecule has 0 saturated carbocycles. The van der Waals surface area contributed by atoms with Gasteiger partial charge in [-0.2, -0.15) is 4.98 Å². The quantitative estimate of drug-likeness (QED) is 0.389. The zero-order chi connectivity index (χ0) is 23.7. The molecule has 0 spiro atoms. The van der Waals surface area contributed by atoms with Gasteiger partial charge in [0, 0.05) is 16.1 Å². The number of urea groups is 1. The number of hydrogen-bond acceptors (Lipinski definition) is 6. The molecule has 172 valence electrons. The normalized spacial score (nSPS) is 16.0. The number of aromatic nitrogens is 2. The number of carbonyl (C=O) groups excluding carboxylic acids is 1. The molecule has 1 aliphatic rings. The van der Waals surface area contributed by atoms with Gasteiger partial charge in [0.25, 0.3) is 5.89 Å². The summed E-state index contributed by atoms with van der Waals surface area (Å²) < 4.78 is 24.7. The summed E-state index contributed by atoms with van der Waals surface area (Å²) in [6, 6.07) is 16.6. The first-order valence-corrected chi connectivity index (χ1v) is 11.5. The number of nitrogens with zero attached hydrogens (tertiary/aromatic N) is 3. The number of thiophene rings is 1. The third-order valence-electron chi connectivity index (χ3n) is 5.68. The minimum atomic E-state index is -0.515. The van der Waals surface area contributed by atoms with Gasteiger partial charge in [-0.3, -0.25) is 4.90 Å². The van der Waals surface area contributed by atoms with Crippen LogP contribution in [0.15, 0.2) is 76.3 Å². The van der Waals surface area contributed by atoms with E-state index < -0.39 is 6.04 Å². The van der Waals surface area contributed by atoms with Gasteiger partial charge < -0.3 is 14.6 Å². The first-order chi connectivity index (χ1) is 16.5. The molecule has 0 fully saturated rings. The molecule has 1 atom stereocenters. The molecule has 34 heavy (non-hydrogen) atoms. The van der Waals surface area contributed by atoms with Crippen molar-refractivity contribution in [3.63, 3.8) is 0 Å². The average molecular weight is 477 g/mol. The van der Waals surface area contributed by atoms with Crippen molar-refractivity contribution in [3.05, 3.63) is 93.9 Å². The van der Waals surface area contributed by atoms with Crippen molar-refractivity contribution in [2.24, 2.45) is 0 Å². The van der Waals surface area contributed by atoms with E-state index in [0.717, 1.165) is 10.4 Å². The summed E-state index contributed by atoms with van der Waals surface area (Å²) in [7, 11) is 1.60. The Morgan fingerprint density at radius 3 is 2.71 bits per heavy atom. The van der Waals surface area contributed by atoms with Crippen LogP contribution in [-0.4, -0.2) is 28.2 Å².